The molecule has 1 saturated heterocycles. The third-order valence-electron chi connectivity index (χ3n) is 6.18. The number of carbonyl (C=O) groups is 2. The van der Waals surface area contributed by atoms with Crippen LogP contribution in [0.3, 0.4) is 0 Å². The normalized spacial score (nSPS) is 23.1. The number of ketones is 1. The Morgan fingerprint density at radius 2 is 1.93 bits per heavy atom. The molecule has 0 radical (unpaired) electrons. The number of Topliss-reactive ketones (excluding diaryl/α,β-unsaturated/α-hetero) is 1. The number of hydrogen-bond acceptors (Lipinski definition) is 5. The Balaban J connectivity index is 1.81. The van der Waals surface area contributed by atoms with Gasteiger partial charge in [0, 0.05) is 12.5 Å². The summed E-state index contributed by atoms with van der Waals surface area (Å²) in [4.78, 5) is 24.3. The van der Waals surface area contributed by atoms with Gasteiger partial charge in [0.1, 0.15) is 29.3 Å². The van der Waals surface area contributed by atoms with E-state index in [1.165, 1.54) is 0 Å². The van der Waals surface area contributed by atoms with Crippen LogP contribution in [0.1, 0.15) is 76.3 Å². The third-order valence-corrected chi connectivity index (χ3v) is 6.18. The van der Waals surface area contributed by atoms with E-state index in [0.717, 1.165) is 55.4 Å². The van der Waals surface area contributed by atoms with Gasteiger partial charge >= 0.3 is 5.97 Å². The Hall–Kier alpha value is -2.04. The van der Waals surface area contributed by atoms with Crippen molar-refractivity contribution in [1.29, 1.82) is 0 Å². The minimum absolute atomic E-state index is 0.0232. The zero-order chi connectivity index (χ0) is 20.1. The SMILES string of the molecule is CCCOc1cc(O)c(CCC2(C3CCCC3)CC(=O)CC(=O)O2)cc1CC. The van der Waals surface area contributed by atoms with Gasteiger partial charge in [-0.2, -0.15) is 0 Å². The van der Waals surface area contributed by atoms with E-state index in [1.807, 2.05) is 6.07 Å². The van der Waals surface area contributed by atoms with Gasteiger partial charge in [-0.1, -0.05) is 26.7 Å². The number of phenols is 1. The number of esters is 1. The Morgan fingerprint density at radius 3 is 2.57 bits per heavy atom. The fourth-order valence-electron chi connectivity index (χ4n) is 4.71. The summed E-state index contributed by atoms with van der Waals surface area (Å²) >= 11 is 0. The molecule has 0 aromatic heterocycles. The lowest BCUT2D eigenvalue weighted by Gasteiger charge is -2.41. The summed E-state index contributed by atoms with van der Waals surface area (Å²) in [5.74, 6) is 0.754. The van der Waals surface area contributed by atoms with Crippen molar-refractivity contribution in [3.63, 3.8) is 0 Å². The molecule has 0 bridgehead atoms. The second-order valence-corrected chi connectivity index (χ2v) is 8.20. The maximum atomic E-state index is 12.2. The van der Waals surface area contributed by atoms with Crippen LogP contribution in [0.4, 0.5) is 0 Å². The van der Waals surface area contributed by atoms with Crippen LogP contribution in [-0.4, -0.2) is 29.1 Å². The van der Waals surface area contributed by atoms with Gasteiger partial charge in [-0.25, -0.2) is 0 Å². The van der Waals surface area contributed by atoms with Gasteiger partial charge in [0.15, 0.2) is 0 Å². The Bertz CT molecular complexity index is 702. The van der Waals surface area contributed by atoms with Crippen LogP contribution in [0.25, 0.3) is 0 Å². The Morgan fingerprint density at radius 1 is 1.18 bits per heavy atom. The molecule has 154 valence electrons. The van der Waals surface area contributed by atoms with Crippen LogP contribution < -0.4 is 4.74 Å². The molecule has 1 aromatic carbocycles. The van der Waals surface area contributed by atoms with Crippen LogP contribution in [-0.2, 0) is 27.2 Å². The number of aromatic hydroxyl groups is 1. The van der Waals surface area contributed by atoms with E-state index in [1.54, 1.807) is 6.07 Å². The molecule has 0 amide bonds. The fourth-order valence-corrected chi connectivity index (χ4v) is 4.71. The lowest BCUT2D eigenvalue weighted by Crippen LogP contribution is -2.48. The number of hydrogen-bond donors (Lipinski definition) is 1. The van der Waals surface area contributed by atoms with Crippen LogP contribution in [0, 0.1) is 5.92 Å². The molecule has 5 nitrogen and oxygen atoms in total. The number of phenolic OH excluding ortho intramolecular Hbond substituents is 1. The molecular weight excluding hydrogens is 356 g/mol. The molecular formula is C23H32O5. The largest absolute Gasteiger partial charge is 0.508 e. The van der Waals surface area contributed by atoms with Gasteiger partial charge in [0.25, 0.3) is 0 Å². The van der Waals surface area contributed by atoms with Gasteiger partial charge in [-0.05, 0) is 61.6 Å². The molecule has 1 aromatic rings. The zero-order valence-corrected chi connectivity index (χ0v) is 17.1. The van der Waals surface area contributed by atoms with Crippen LogP contribution in [0.15, 0.2) is 12.1 Å². The molecule has 2 fully saturated rings. The smallest absolute Gasteiger partial charge is 0.313 e. The highest BCUT2D eigenvalue weighted by molar-refractivity contribution is 5.98. The van der Waals surface area contributed by atoms with Crippen LogP contribution >= 0.6 is 0 Å². The van der Waals surface area contributed by atoms with Crippen molar-refractivity contribution in [2.45, 2.75) is 83.7 Å². The van der Waals surface area contributed by atoms with Crippen molar-refractivity contribution in [2.24, 2.45) is 5.92 Å². The van der Waals surface area contributed by atoms with Gasteiger partial charge < -0.3 is 14.6 Å². The number of benzene rings is 1. The van der Waals surface area contributed by atoms with E-state index >= 15 is 0 Å². The van der Waals surface area contributed by atoms with E-state index in [0.29, 0.717) is 25.9 Å². The second-order valence-electron chi connectivity index (χ2n) is 8.20. The molecule has 1 aliphatic heterocycles. The average Bonchev–Trinajstić information content (AvgIpc) is 3.20. The minimum atomic E-state index is -0.709. The maximum absolute atomic E-state index is 12.2. The van der Waals surface area contributed by atoms with Crippen LogP contribution in [0.2, 0.25) is 0 Å². The third kappa shape index (κ3) is 4.50. The topological polar surface area (TPSA) is 72.8 Å². The summed E-state index contributed by atoms with van der Waals surface area (Å²) in [5.41, 5.74) is 1.18. The monoisotopic (exact) mass is 388 g/mol. The lowest BCUT2D eigenvalue weighted by molar-refractivity contribution is -0.178. The second kappa shape index (κ2) is 8.97. The standard InChI is InChI=1S/C23H32O5/c1-3-11-27-21-14-20(25)17(12-16(21)4-2)9-10-23(18-7-5-6-8-18)15-19(24)13-22(26)28-23/h12,14,18,25H,3-11,13,15H2,1-2H3. The first-order valence-corrected chi connectivity index (χ1v) is 10.7. The zero-order valence-electron chi connectivity index (χ0n) is 17.1. The number of aryl methyl sites for hydroxylation is 2. The highest BCUT2D eigenvalue weighted by Gasteiger charge is 2.47. The first-order valence-electron chi connectivity index (χ1n) is 10.7. The number of ether oxygens (including phenoxy) is 2. The molecule has 1 atom stereocenters. The van der Waals surface area contributed by atoms with E-state index in [9.17, 15) is 14.7 Å². The minimum Gasteiger partial charge on any atom is -0.508 e. The number of carbonyl (C=O) groups excluding carboxylic acids is 2. The maximum Gasteiger partial charge on any atom is 0.313 e. The summed E-state index contributed by atoms with van der Waals surface area (Å²) in [6, 6.07) is 3.69. The van der Waals surface area contributed by atoms with Crippen molar-refractivity contribution in [2.75, 3.05) is 6.61 Å². The summed E-state index contributed by atoms with van der Waals surface area (Å²) in [6.45, 7) is 4.74. The van der Waals surface area contributed by atoms with Gasteiger partial charge in [0.2, 0.25) is 0 Å². The van der Waals surface area contributed by atoms with E-state index in [-0.39, 0.29) is 23.9 Å². The van der Waals surface area contributed by atoms with Crippen molar-refractivity contribution in [3.05, 3.63) is 23.3 Å². The summed E-state index contributed by atoms with van der Waals surface area (Å²) in [5, 5.41) is 10.5. The highest BCUT2D eigenvalue weighted by Crippen LogP contribution is 2.44. The predicted molar refractivity (Wildman–Crippen MR) is 107 cm³/mol. The van der Waals surface area contributed by atoms with Crippen molar-refractivity contribution in [1.82, 2.24) is 0 Å². The average molecular weight is 389 g/mol. The van der Waals surface area contributed by atoms with Gasteiger partial charge in [-0.15, -0.1) is 0 Å². The van der Waals surface area contributed by atoms with E-state index in [2.05, 4.69) is 13.8 Å². The van der Waals surface area contributed by atoms with Gasteiger partial charge in [0.05, 0.1) is 6.61 Å². The fraction of sp³-hybridized carbons (Fsp3) is 0.652. The van der Waals surface area contributed by atoms with Crippen LogP contribution in [0.5, 0.6) is 11.5 Å². The molecule has 1 saturated carbocycles. The molecule has 1 N–H and O–H groups in total. The van der Waals surface area contributed by atoms with Crippen molar-refractivity contribution in [3.8, 4) is 11.5 Å². The first kappa shape index (κ1) is 20.7. The molecule has 3 rings (SSSR count). The number of cyclic esters (lactones) is 1. The summed E-state index contributed by atoms with van der Waals surface area (Å²) in [7, 11) is 0. The molecule has 1 heterocycles. The highest BCUT2D eigenvalue weighted by atomic mass is 16.6. The Kier molecular flexibility index (Phi) is 6.63. The predicted octanol–water partition coefficient (Wildman–Crippen LogP) is 4.51. The van der Waals surface area contributed by atoms with Crippen molar-refractivity contribution >= 4 is 11.8 Å². The van der Waals surface area contributed by atoms with Gasteiger partial charge in [-0.3, -0.25) is 9.59 Å². The lowest BCUT2D eigenvalue weighted by atomic mass is 9.76. The van der Waals surface area contributed by atoms with Crippen molar-refractivity contribution < 1.29 is 24.2 Å². The van der Waals surface area contributed by atoms with E-state index < -0.39 is 11.6 Å². The molecule has 0 spiro atoms. The summed E-state index contributed by atoms with van der Waals surface area (Å²) in [6.07, 6.45) is 7.30. The quantitative estimate of drug-likeness (QED) is 0.524. The number of rotatable bonds is 8. The Labute approximate surface area is 167 Å². The molecule has 1 unspecified atom stereocenters. The summed E-state index contributed by atoms with van der Waals surface area (Å²) < 4.78 is 11.6. The molecule has 2 aliphatic rings. The molecule has 5 heteroatoms. The van der Waals surface area contributed by atoms with E-state index in [4.69, 9.17) is 9.47 Å². The molecule has 28 heavy (non-hydrogen) atoms. The molecule has 1 aliphatic carbocycles. The first-order chi connectivity index (χ1) is 13.5.